The summed E-state index contributed by atoms with van der Waals surface area (Å²) in [7, 11) is 0. The van der Waals surface area contributed by atoms with Crippen LogP contribution in [0.4, 0.5) is 0 Å². The van der Waals surface area contributed by atoms with Crippen molar-refractivity contribution in [3.05, 3.63) is 0 Å². The van der Waals surface area contributed by atoms with Crippen LogP contribution in [0.3, 0.4) is 0 Å². The maximum Gasteiger partial charge on any atom is 0.141 e. The summed E-state index contributed by atoms with van der Waals surface area (Å²) in [5.41, 5.74) is 0. The highest BCUT2D eigenvalue weighted by Gasteiger charge is 2.07. The number of Topliss-reactive ketones (excluding diaryl/α,β-unsaturated/α-hetero) is 2. The molecule has 0 bridgehead atoms. The van der Waals surface area contributed by atoms with Crippen LogP contribution in [0.1, 0.15) is 39.0 Å². The number of unbranched alkanes of at least 4 members (excludes halogenated alkanes) is 1. The van der Waals surface area contributed by atoms with Gasteiger partial charge in [-0.3, -0.25) is 9.59 Å². The molecule has 0 saturated carbocycles. The van der Waals surface area contributed by atoms with E-state index < -0.39 is 0 Å². The summed E-state index contributed by atoms with van der Waals surface area (Å²) in [5, 5.41) is 0. The van der Waals surface area contributed by atoms with Crippen LogP contribution in [-0.4, -0.2) is 17.4 Å². The Morgan fingerprint density at radius 2 is 1.75 bits per heavy atom. The molecule has 0 spiro atoms. The van der Waals surface area contributed by atoms with Gasteiger partial charge in [-0.25, -0.2) is 0 Å². The molecule has 0 radical (unpaired) electrons. The number of halogens is 1. The molecular formula is C9H15ClO2. The van der Waals surface area contributed by atoms with E-state index >= 15 is 0 Å². The third-order valence-corrected chi connectivity index (χ3v) is 1.77. The highest BCUT2D eigenvalue weighted by Crippen LogP contribution is 2.01. The van der Waals surface area contributed by atoms with Gasteiger partial charge in [0.2, 0.25) is 0 Å². The van der Waals surface area contributed by atoms with Gasteiger partial charge in [0.15, 0.2) is 0 Å². The second kappa shape index (κ2) is 7.29. The first kappa shape index (κ1) is 11.6. The van der Waals surface area contributed by atoms with E-state index in [1.54, 1.807) is 0 Å². The van der Waals surface area contributed by atoms with Crippen LogP contribution in [0.5, 0.6) is 0 Å². The Bertz CT molecular complexity index is 155. The number of rotatable bonds is 7. The van der Waals surface area contributed by atoms with Crippen molar-refractivity contribution in [2.24, 2.45) is 0 Å². The second-order valence-electron chi connectivity index (χ2n) is 2.80. The number of hydrogen-bond acceptors (Lipinski definition) is 2. The Kier molecular flexibility index (Phi) is 7.06. The lowest BCUT2D eigenvalue weighted by atomic mass is 10.1. The van der Waals surface area contributed by atoms with Gasteiger partial charge in [0, 0.05) is 18.7 Å². The summed E-state index contributed by atoms with van der Waals surface area (Å²) in [6, 6.07) is 0. The van der Waals surface area contributed by atoms with Gasteiger partial charge in [-0.1, -0.05) is 13.3 Å². The Labute approximate surface area is 78.3 Å². The molecule has 0 aliphatic rings. The zero-order valence-electron chi connectivity index (χ0n) is 7.44. The molecule has 3 heteroatoms. The van der Waals surface area contributed by atoms with Gasteiger partial charge < -0.3 is 0 Å². The number of alkyl halides is 1. The maximum atomic E-state index is 11.0. The van der Waals surface area contributed by atoms with E-state index in [2.05, 4.69) is 0 Å². The summed E-state index contributed by atoms with van der Waals surface area (Å²) in [4.78, 5) is 21.9. The van der Waals surface area contributed by atoms with Gasteiger partial charge in [-0.15, -0.1) is 11.6 Å². The van der Waals surface area contributed by atoms with Gasteiger partial charge in [0.05, 0.1) is 6.42 Å². The van der Waals surface area contributed by atoms with Crippen molar-refractivity contribution in [3.63, 3.8) is 0 Å². The first-order valence-electron chi connectivity index (χ1n) is 4.30. The highest BCUT2D eigenvalue weighted by atomic mass is 35.5. The standard InChI is InChI=1S/C9H15ClO2/c1-2-3-4-8(11)7-9(12)5-6-10/h2-7H2,1H3. The topological polar surface area (TPSA) is 34.1 Å². The van der Waals surface area contributed by atoms with Gasteiger partial charge in [0.25, 0.3) is 0 Å². The Balaban J connectivity index is 3.47. The summed E-state index contributed by atoms with van der Waals surface area (Å²) in [6.07, 6.45) is 2.80. The largest absolute Gasteiger partial charge is 0.299 e. The lowest BCUT2D eigenvalue weighted by Crippen LogP contribution is -2.07. The fraction of sp³-hybridized carbons (Fsp3) is 0.778. The van der Waals surface area contributed by atoms with E-state index in [9.17, 15) is 9.59 Å². The zero-order valence-corrected chi connectivity index (χ0v) is 8.19. The highest BCUT2D eigenvalue weighted by molar-refractivity contribution is 6.19. The van der Waals surface area contributed by atoms with Crippen molar-refractivity contribution in [3.8, 4) is 0 Å². The average Bonchev–Trinajstić information content (AvgIpc) is 2.01. The third-order valence-electron chi connectivity index (χ3n) is 1.58. The first-order chi connectivity index (χ1) is 5.70. The predicted octanol–water partition coefficient (Wildman–Crippen LogP) is 2.33. The Morgan fingerprint density at radius 1 is 1.17 bits per heavy atom. The summed E-state index contributed by atoms with van der Waals surface area (Å²) in [6.45, 7) is 2.02. The molecule has 0 aromatic heterocycles. The fourth-order valence-electron chi connectivity index (χ4n) is 0.876. The number of hydrogen-bond donors (Lipinski definition) is 0. The van der Waals surface area contributed by atoms with Crippen molar-refractivity contribution in [1.82, 2.24) is 0 Å². The van der Waals surface area contributed by atoms with E-state index in [1.165, 1.54) is 0 Å². The molecule has 0 amide bonds. The van der Waals surface area contributed by atoms with Gasteiger partial charge in [0.1, 0.15) is 11.6 Å². The summed E-state index contributed by atoms with van der Waals surface area (Å²) < 4.78 is 0. The van der Waals surface area contributed by atoms with Crippen LogP contribution < -0.4 is 0 Å². The van der Waals surface area contributed by atoms with Crippen molar-refractivity contribution >= 4 is 23.2 Å². The van der Waals surface area contributed by atoms with Crippen LogP contribution in [0.25, 0.3) is 0 Å². The molecule has 0 atom stereocenters. The molecule has 0 aromatic carbocycles. The number of ketones is 2. The molecule has 2 nitrogen and oxygen atoms in total. The molecule has 0 aliphatic heterocycles. The Morgan fingerprint density at radius 3 is 2.25 bits per heavy atom. The summed E-state index contributed by atoms with van der Waals surface area (Å²) >= 11 is 5.35. The van der Waals surface area contributed by atoms with Gasteiger partial charge in [-0.05, 0) is 6.42 Å². The molecule has 0 N–H and O–H groups in total. The van der Waals surface area contributed by atoms with Crippen LogP contribution in [0, 0.1) is 0 Å². The van der Waals surface area contributed by atoms with Gasteiger partial charge in [-0.2, -0.15) is 0 Å². The number of carbonyl (C=O) groups is 2. The molecule has 0 fully saturated rings. The van der Waals surface area contributed by atoms with Crippen molar-refractivity contribution in [2.45, 2.75) is 39.0 Å². The smallest absolute Gasteiger partial charge is 0.141 e. The molecule has 0 unspecified atom stereocenters. The molecule has 0 rings (SSSR count). The van der Waals surface area contributed by atoms with E-state index in [4.69, 9.17) is 11.6 Å². The Hall–Kier alpha value is -0.370. The molecule has 70 valence electrons. The minimum atomic E-state index is -0.0360. The zero-order chi connectivity index (χ0) is 9.40. The molecule has 0 aliphatic carbocycles. The number of carbonyl (C=O) groups excluding carboxylic acids is 2. The lowest BCUT2D eigenvalue weighted by molar-refractivity contribution is -0.126. The predicted molar refractivity (Wildman–Crippen MR) is 49.5 cm³/mol. The average molecular weight is 191 g/mol. The SMILES string of the molecule is CCCCC(=O)CC(=O)CCCl. The fourth-order valence-corrected chi connectivity index (χ4v) is 1.09. The second-order valence-corrected chi connectivity index (χ2v) is 3.17. The minimum absolute atomic E-state index is 0.0360. The van der Waals surface area contributed by atoms with E-state index in [0.717, 1.165) is 12.8 Å². The maximum absolute atomic E-state index is 11.0. The third kappa shape index (κ3) is 6.35. The van der Waals surface area contributed by atoms with Crippen LogP contribution in [0.2, 0.25) is 0 Å². The van der Waals surface area contributed by atoms with Crippen molar-refractivity contribution in [1.29, 1.82) is 0 Å². The molecule has 12 heavy (non-hydrogen) atoms. The molecule has 0 aromatic rings. The monoisotopic (exact) mass is 190 g/mol. The van der Waals surface area contributed by atoms with Crippen LogP contribution >= 0.6 is 11.6 Å². The van der Waals surface area contributed by atoms with Crippen LogP contribution in [0.15, 0.2) is 0 Å². The summed E-state index contributed by atoms with van der Waals surface area (Å²) in [5.74, 6) is 0.331. The normalized spacial score (nSPS) is 9.83. The minimum Gasteiger partial charge on any atom is -0.299 e. The van der Waals surface area contributed by atoms with Crippen molar-refractivity contribution < 1.29 is 9.59 Å². The van der Waals surface area contributed by atoms with E-state index in [1.807, 2.05) is 6.92 Å². The van der Waals surface area contributed by atoms with Gasteiger partial charge >= 0.3 is 0 Å². The molecule has 0 heterocycles. The van der Waals surface area contributed by atoms with E-state index in [-0.39, 0.29) is 18.0 Å². The van der Waals surface area contributed by atoms with Crippen molar-refractivity contribution in [2.75, 3.05) is 5.88 Å². The molecule has 0 saturated heterocycles. The van der Waals surface area contributed by atoms with Crippen LogP contribution in [-0.2, 0) is 9.59 Å². The van der Waals surface area contributed by atoms with E-state index in [0.29, 0.717) is 18.7 Å². The lowest BCUT2D eigenvalue weighted by Gasteiger charge is -1.97. The first-order valence-corrected chi connectivity index (χ1v) is 4.83. The quantitative estimate of drug-likeness (QED) is 0.456. The molecular weight excluding hydrogens is 176 g/mol.